The Kier molecular flexibility index (Phi) is 6.61. The van der Waals surface area contributed by atoms with E-state index in [1.54, 1.807) is 13.2 Å². The molecule has 4 unspecified atom stereocenters. The van der Waals surface area contributed by atoms with Crippen molar-refractivity contribution in [3.63, 3.8) is 0 Å². The first kappa shape index (κ1) is 27.2. The number of rotatable bonds is 4. The van der Waals surface area contributed by atoms with Crippen LogP contribution in [0.3, 0.4) is 0 Å². The summed E-state index contributed by atoms with van der Waals surface area (Å²) in [5.41, 5.74) is -1.17. The van der Waals surface area contributed by atoms with Gasteiger partial charge in [0.2, 0.25) is 0 Å². The number of aliphatic hydroxyl groups is 3. The number of aliphatic hydroxyl groups excluding tert-OH is 1. The molecule has 0 bridgehead atoms. The fourth-order valence-corrected chi connectivity index (χ4v) is 10.0. The number of hydrogen-bond donors (Lipinski definition) is 3. The summed E-state index contributed by atoms with van der Waals surface area (Å²) in [6.45, 7) is 6.67. The molecule has 0 amide bonds. The van der Waals surface area contributed by atoms with Crippen LogP contribution in [0.25, 0.3) is 0 Å². The van der Waals surface area contributed by atoms with Crippen molar-refractivity contribution in [1.29, 1.82) is 0 Å². The molecule has 12 atom stereocenters. The smallest absolute Gasteiger partial charge is 0.331 e. The molecule has 214 valence electrons. The molecule has 0 radical (unpaired) electrons. The first-order chi connectivity index (χ1) is 17.9. The van der Waals surface area contributed by atoms with Crippen LogP contribution in [0.5, 0.6) is 0 Å². The van der Waals surface area contributed by atoms with Gasteiger partial charge < -0.3 is 34.3 Å². The standard InChI is InChI=1S/C30H46O8/c1-17-26(32)23(35-4)14-25(37-17)38-19-5-9-27(2)21-6-10-28(3)20(18-13-24(31)36-16-18)8-12-30(28,34)22(21)7-11-29(27,33)15-19/h13,17,19-23,25-26,32-34H,5-12,14-16H2,1-4H3/t17?,19-,20-,21?,22?,23?,25+,26-,27-,28-,29+,30+/m1/s1. The summed E-state index contributed by atoms with van der Waals surface area (Å²) >= 11 is 0. The van der Waals surface area contributed by atoms with Crippen LogP contribution in [0.15, 0.2) is 11.6 Å². The predicted molar refractivity (Wildman–Crippen MR) is 138 cm³/mol. The van der Waals surface area contributed by atoms with Crippen molar-refractivity contribution in [2.45, 2.75) is 127 Å². The Balaban J connectivity index is 1.18. The Morgan fingerprint density at radius 2 is 1.74 bits per heavy atom. The summed E-state index contributed by atoms with van der Waals surface area (Å²) in [7, 11) is 1.60. The van der Waals surface area contributed by atoms with Gasteiger partial charge in [-0.3, -0.25) is 0 Å². The van der Waals surface area contributed by atoms with Crippen LogP contribution < -0.4 is 0 Å². The highest BCUT2D eigenvalue weighted by Crippen LogP contribution is 2.70. The van der Waals surface area contributed by atoms with Crippen molar-refractivity contribution in [2.75, 3.05) is 13.7 Å². The number of fused-ring (bicyclic) bond motifs is 5. The summed E-state index contributed by atoms with van der Waals surface area (Å²) in [5.74, 6) is 0.293. The quantitative estimate of drug-likeness (QED) is 0.372. The third-order valence-electron chi connectivity index (χ3n) is 12.4. The lowest BCUT2D eigenvalue weighted by Gasteiger charge is -2.66. The molecule has 5 fully saturated rings. The van der Waals surface area contributed by atoms with E-state index in [1.807, 2.05) is 6.92 Å². The van der Waals surface area contributed by atoms with Gasteiger partial charge in [-0.15, -0.1) is 0 Å². The molecule has 6 rings (SSSR count). The minimum Gasteiger partial charge on any atom is -0.458 e. The zero-order chi connectivity index (χ0) is 27.1. The third-order valence-corrected chi connectivity index (χ3v) is 12.4. The molecule has 0 spiro atoms. The Bertz CT molecular complexity index is 983. The number of ether oxygens (including phenoxy) is 4. The van der Waals surface area contributed by atoms with Crippen molar-refractivity contribution >= 4 is 5.97 Å². The number of carbonyl (C=O) groups is 1. The molecule has 38 heavy (non-hydrogen) atoms. The van der Waals surface area contributed by atoms with E-state index in [0.717, 1.165) is 50.5 Å². The Labute approximate surface area is 226 Å². The zero-order valence-electron chi connectivity index (χ0n) is 23.4. The van der Waals surface area contributed by atoms with Crippen LogP contribution in [0.4, 0.5) is 0 Å². The molecule has 2 heterocycles. The molecule has 4 aliphatic carbocycles. The van der Waals surface area contributed by atoms with E-state index in [2.05, 4.69) is 13.8 Å². The Hall–Kier alpha value is -1.03. The van der Waals surface area contributed by atoms with Crippen molar-refractivity contribution in [3.8, 4) is 0 Å². The average molecular weight is 535 g/mol. The molecular formula is C30H46O8. The summed E-state index contributed by atoms with van der Waals surface area (Å²) in [6, 6.07) is 0. The first-order valence-corrected chi connectivity index (χ1v) is 14.8. The summed E-state index contributed by atoms with van der Waals surface area (Å²) in [6.07, 6.45) is 7.36. The molecule has 0 aromatic carbocycles. The van der Waals surface area contributed by atoms with E-state index >= 15 is 0 Å². The van der Waals surface area contributed by atoms with Crippen molar-refractivity contribution < 1.29 is 39.1 Å². The zero-order valence-corrected chi connectivity index (χ0v) is 23.4. The van der Waals surface area contributed by atoms with Gasteiger partial charge in [0.25, 0.3) is 0 Å². The van der Waals surface area contributed by atoms with Gasteiger partial charge in [-0.25, -0.2) is 4.79 Å². The van der Waals surface area contributed by atoms with E-state index in [9.17, 15) is 20.1 Å². The summed E-state index contributed by atoms with van der Waals surface area (Å²) < 4.78 is 23.0. The SMILES string of the molecule is COC1C[C@H](O[C@@H]2CC[C@]3(C)C4CC[C@]5(C)[C@@H](C6=CC(=O)OC6)CC[C@]5(O)C4CC[C@]3(O)C2)OC(C)[C@H]1O. The van der Waals surface area contributed by atoms with E-state index in [4.69, 9.17) is 18.9 Å². The van der Waals surface area contributed by atoms with Gasteiger partial charge in [0, 0.05) is 31.4 Å². The van der Waals surface area contributed by atoms with Crippen LogP contribution in [-0.4, -0.2) is 76.9 Å². The van der Waals surface area contributed by atoms with Crippen LogP contribution in [0.2, 0.25) is 0 Å². The topological polar surface area (TPSA) is 115 Å². The molecule has 3 N–H and O–H groups in total. The molecule has 1 saturated heterocycles. The molecule has 8 nitrogen and oxygen atoms in total. The fourth-order valence-electron chi connectivity index (χ4n) is 10.0. The molecule has 0 aromatic heterocycles. The van der Waals surface area contributed by atoms with E-state index in [1.165, 1.54) is 0 Å². The Morgan fingerprint density at radius 3 is 2.45 bits per heavy atom. The summed E-state index contributed by atoms with van der Waals surface area (Å²) in [4.78, 5) is 11.8. The van der Waals surface area contributed by atoms with Gasteiger partial charge in [-0.2, -0.15) is 0 Å². The van der Waals surface area contributed by atoms with Gasteiger partial charge >= 0.3 is 5.97 Å². The maximum absolute atomic E-state index is 12.4. The molecule has 4 saturated carbocycles. The van der Waals surface area contributed by atoms with E-state index in [-0.39, 0.29) is 52.9 Å². The van der Waals surface area contributed by atoms with Crippen LogP contribution in [0, 0.1) is 28.6 Å². The molecule has 6 aliphatic rings. The maximum Gasteiger partial charge on any atom is 0.331 e. The molecule has 0 aromatic rings. The molecule has 8 heteroatoms. The van der Waals surface area contributed by atoms with Crippen LogP contribution in [-0.2, 0) is 23.7 Å². The molecular weight excluding hydrogens is 488 g/mol. The lowest BCUT2D eigenvalue weighted by atomic mass is 9.42. The van der Waals surface area contributed by atoms with E-state index in [0.29, 0.717) is 25.9 Å². The highest BCUT2D eigenvalue weighted by molar-refractivity contribution is 5.85. The summed E-state index contributed by atoms with van der Waals surface area (Å²) in [5, 5.41) is 34.9. The molecule has 2 aliphatic heterocycles. The van der Waals surface area contributed by atoms with Gasteiger partial charge in [-0.05, 0) is 87.0 Å². The highest BCUT2D eigenvalue weighted by atomic mass is 16.7. The predicted octanol–water partition coefficient (Wildman–Crippen LogP) is 3.25. The maximum atomic E-state index is 12.4. The van der Waals surface area contributed by atoms with Crippen molar-refractivity contribution in [2.24, 2.45) is 28.6 Å². The normalized spacial score (nSPS) is 54.5. The van der Waals surface area contributed by atoms with Gasteiger partial charge in [-0.1, -0.05) is 13.8 Å². The number of hydrogen-bond acceptors (Lipinski definition) is 8. The third kappa shape index (κ3) is 3.81. The number of cyclic esters (lactones) is 1. The first-order valence-electron chi connectivity index (χ1n) is 14.8. The van der Waals surface area contributed by atoms with E-state index < -0.39 is 23.6 Å². The average Bonchev–Trinajstić information content (AvgIpc) is 3.41. The second-order valence-corrected chi connectivity index (χ2v) is 13.8. The van der Waals surface area contributed by atoms with Crippen molar-refractivity contribution in [3.05, 3.63) is 11.6 Å². The largest absolute Gasteiger partial charge is 0.458 e. The fraction of sp³-hybridized carbons (Fsp3) is 0.900. The van der Waals surface area contributed by atoms with Gasteiger partial charge in [0.05, 0.1) is 29.5 Å². The van der Waals surface area contributed by atoms with Crippen LogP contribution in [0.1, 0.15) is 85.0 Å². The lowest BCUT2D eigenvalue weighted by molar-refractivity contribution is -0.291. The minimum atomic E-state index is -0.853. The van der Waals surface area contributed by atoms with Crippen molar-refractivity contribution in [1.82, 2.24) is 0 Å². The lowest BCUT2D eigenvalue weighted by Crippen LogP contribution is -2.67. The minimum absolute atomic E-state index is 0.116. The second kappa shape index (κ2) is 9.25. The van der Waals surface area contributed by atoms with Crippen LogP contribution >= 0.6 is 0 Å². The van der Waals surface area contributed by atoms with Gasteiger partial charge in [0.1, 0.15) is 12.7 Å². The number of esters is 1. The second-order valence-electron chi connectivity index (χ2n) is 13.8. The number of carbonyl (C=O) groups excluding carboxylic acids is 1. The van der Waals surface area contributed by atoms with Gasteiger partial charge in [0.15, 0.2) is 6.29 Å². The highest BCUT2D eigenvalue weighted by Gasteiger charge is 2.70. The monoisotopic (exact) mass is 534 g/mol. The Morgan fingerprint density at radius 1 is 1.00 bits per heavy atom. The number of methoxy groups -OCH3 is 1.